The number of hydrogen-bond donors (Lipinski definition) is 3. The maximum absolute atomic E-state index is 12.0. The second kappa shape index (κ2) is 11.7. The van der Waals surface area contributed by atoms with Gasteiger partial charge in [0.25, 0.3) is 0 Å². The molecule has 36 heavy (non-hydrogen) atoms. The average molecular weight is 504 g/mol. The molecular formula is C30H33NO4S. The lowest BCUT2D eigenvalue weighted by atomic mass is 9.87. The van der Waals surface area contributed by atoms with Gasteiger partial charge in [-0.15, -0.1) is 11.3 Å². The van der Waals surface area contributed by atoms with Gasteiger partial charge in [0.15, 0.2) is 0 Å². The largest absolute Gasteiger partial charge is 0.497 e. The Balaban J connectivity index is 1.56. The van der Waals surface area contributed by atoms with E-state index in [0.29, 0.717) is 18.7 Å². The van der Waals surface area contributed by atoms with Crippen molar-refractivity contribution in [2.75, 3.05) is 20.8 Å². The van der Waals surface area contributed by atoms with Gasteiger partial charge in [0.2, 0.25) is 0 Å². The Kier molecular flexibility index (Phi) is 8.44. The zero-order chi connectivity index (χ0) is 25.5. The Morgan fingerprint density at radius 2 is 1.67 bits per heavy atom. The summed E-state index contributed by atoms with van der Waals surface area (Å²) in [5.41, 5.74) is 2.37. The summed E-state index contributed by atoms with van der Waals surface area (Å²) in [6.45, 7) is 2.47. The van der Waals surface area contributed by atoms with Crippen molar-refractivity contribution in [3.05, 3.63) is 106 Å². The molecule has 0 bridgehead atoms. The van der Waals surface area contributed by atoms with Gasteiger partial charge < -0.3 is 25.0 Å². The Bertz CT molecular complexity index is 1230. The third kappa shape index (κ3) is 5.63. The summed E-state index contributed by atoms with van der Waals surface area (Å²) in [5.74, 6) is 1.48. The van der Waals surface area contributed by atoms with E-state index in [-0.39, 0.29) is 6.04 Å². The number of nitrogens with one attached hydrogen (secondary N) is 1. The zero-order valence-electron chi connectivity index (χ0n) is 20.8. The van der Waals surface area contributed by atoms with Gasteiger partial charge in [0.1, 0.15) is 17.1 Å². The normalized spacial score (nSPS) is 14.6. The molecule has 0 radical (unpaired) electrons. The quantitative estimate of drug-likeness (QED) is 0.242. The molecule has 188 valence electrons. The summed E-state index contributed by atoms with van der Waals surface area (Å²) < 4.78 is 11.0. The van der Waals surface area contributed by atoms with Crippen LogP contribution in [0.3, 0.4) is 0 Å². The number of aliphatic hydroxyl groups excluding tert-OH is 1. The SMILES string of the molecule is COc1ccc(-c2ccc(C(O)(CCNC(C)C(O)c3ccccc3)c3cccs3)cc2OC)cc1. The summed E-state index contributed by atoms with van der Waals surface area (Å²) in [5, 5.41) is 28.1. The van der Waals surface area contributed by atoms with Crippen molar-refractivity contribution in [2.24, 2.45) is 0 Å². The van der Waals surface area contributed by atoms with Crippen LogP contribution in [0.25, 0.3) is 11.1 Å². The molecule has 5 nitrogen and oxygen atoms in total. The monoisotopic (exact) mass is 503 g/mol. The molecule has 3 aromatic carbocycles. The van der Waals surface area contributed by atoms with Crippen molar-refractivity contribution < 1.29 is 19.7 Å². The van der Waals surface area contributed by atoms with Crippen molar-refractivity contribution in [3.8, 4) is 22.6 Å². The standard InChI is InChI=1S/C30H33NO4S/c1-21(29(32)23-8-5-4-6-9-23)31-18-17-30(33,28-10-7-19-36-28)24-13-16-26(27(20-24)35-3)22-11-14-25(34-2)15-12-22/h4-16,19-21,29,31-33H,17-18H2,1-3H3. The molecule has 0 aliphatic carbocycles. The van der Waals surface area contributed by atoms with E-state index in [1.54, 1.807) is 14.2 Å². The van der Waals surface area contributed by atoms with Crippen LogP contribution in [0.2, 0.25) is 0 Å². The van der Waals surface area contributed by atoms with Gasteiger partial charge >= 0.3 is 0 Å². The molecular weight excluding hydrogens is 470 g/mol. The van der Waals surface area contributed by atoms with Crippen molar-refractivity contribution >= 4 is 11.3 Å². The van der Waals surface area contributed by atoms with Crippen LogP contribution in [0.5, 0.6) is 11.5 Å². The molecule has 0 fully saturated rings. The van der Waals surface area contributed by atoms with Gasteiger partial charge in [-0.2, -0.15) is 0 Å². The highest BCUT2D eigenvalue weighted by molar-refractivity contribution is 7.10. The molecule has 3 N–H and O–H groups in total. The Morgan fingerprint density at radius 3 is 2.31 bits per heavy atom. The predicted molar refractivity (Wildman–Crippen MR) is 146 cm³/mol. The first-order valence-corrected chi connectivity index (χ1v) is 12.9. The zero-order valence-corrected chi connectivity index (χ0v) is 21.7. The van der Waals surface area contributed by atoms with Crippen LogP contribution in [-0.4, -0.2) is 37.0 Å². The molecule has 3 unspecified atom stereocenters. The molecule has 4 rings (SSSR count). The fraction of sp³-hybridized carbons (Fsp3) is 0.267. The molecule has 3 atom stereocenters. The summed E-state index contributed by atoms with van der Waals surface area (Å²) in [6.07, 6.45) is -0.199. The maximum atomic E-state index is 12.0. The van der Waals surface area contributed by atoms with Crippen LogP contribution < -0.4 is 14.8 Å². The number of methoxy groups -OCH3 is 2. The number of aliphatic hydroxyl groups is 2. The Morgan fingerprint density at radius 1 is 0.917 bits per heavy atom. The van der Waals surface area contributed by atoms with Gasteiger partial charge in [-0.05, 0) is 66.2 Å². The lowest BCUT2D eigenvalue weighted by Gasteiger charge is -2.30. The van der Waals surface area contributed by atoms with Crippen molar-refractivity contribution in [1.29, 1.82) is 0 Å². The lowest BCUT2D eigenvalue weighted by Crippen LogP contribution is -2.37. The molecule has 0 aliphatic heterocycles. The van der Waals surface area contributed by atoms with Crippen LogP contribution >= 0.6 is 11.3 Å². The van der Waals surface area contributed by atoms with E-state index < -0.39 is 11.7 Å². The summed E-state index contributed by atoms with van der Waals surface area (Å²) in [4.78, 5) is 0.861. The van der Waals surface area contributed by atoms with Crippen LogP contribution in [0.4, 0.5) is 0 Å². The Labute approximate surface area is 217 Å². The second-order valence-electron chi connectivity index (χ2n) is 8.83. The summed E-state index contributed by atoms with van der Waals surface area (Å²) in [7, 11) is 3.29. The van der Waals surface area contributed by atoms with Gasteiger partial charge in [0, 0.05) is 16.5 Å². The molecule has 0 saturated heterocycles. The smallest absolute Gasteiger partial charge is 0.127 e. The van der Waals surface area contributed by atoms with E-state index in [2.05, 4.69) is 5.32 Å². The minimum absolute atomic E-state index is 0.174. The maximum Gasteiger partial charge on any atom is 0.127 e. The molecule has 0 aliphatic rings. The molecule has 0 saturated carbocycles. The van der Waals surface area contributed by atoms with Gasteiger partial charge in [-0.1, -0.05) is 60.7 Å². The van der Waals surface area contributed by atoms with Crippen LogP contribution in [0, 0.1) is 0 Å². The van der Waals surface area contributed by atoms with E-state index in [1.165, 1.54) is 11.3 Å². The van der Waals surface area contributed by atoms with Crippen LogP contribution in [0.1, 0.15) is 35.5 Å². The second-order valence-corrected chi connectivity index (χ2v) is 9.78. The first-order valence-electron chi connectivity index (χ1n) is 12.0. The number of ether oxygens (including phenoxy) is 2. The fourth-order valence-corrected chi connectivity index (χ4v) is 5.29. The van der Waals surface area contributed by atoms with E-state index in [1.807, 2.05) is 97.2 Å². The predicted octanol–water partition coefficient (Wildman–Crippen LogP) is 5.77. The minimum Gasteiger partial charge on any atom is -0.497 e. The molecule has 1 aromatic heterocycles. The topological polar surface area (TPSA) is 71.0 Å². The molecule has 1 heterocycles. The first kappa shape index (κ1) is 25.9. The Hall–Kier alpha value is -3.16. The highest BCUT2D eigenvalue weighted by atomic mass is 32.1. The van der Waals surface area contributed by atoms with Crippen molar-refractivity contribution in [1.82, 2.24) is 5.32 Å². The molecule has 6 heteroatoms. The van der Waals surface area contributed by atoms with Crippen molar-refractivity contribution in [3.63, 3.8) is 0 Å². The number of hydrogen-bond acceptors (Lipinski definition) is 6. The van der Waals surface area contributed by atoms with Gasteiger partial charge in [-0.25, -0.2) is 0 Å². The first-order chi connectivity index (χ1) is 17.5. The lowest BCUT2D eigenvalue weighted by molar-refractivity contribution is 0.0696. The summed E-state index contributed by atoms with van der Waals surface area (Å²) >= 11 is 1.52. The third-order valence-electron chi connectivity index (χ3n) is 6.58. The number of thiophene rings is 1. The summed E-state index contributed by atoms with van der Waals surface area (Å²) in [6, 6.07) is 27.0. The van der Waals surface area contributed by atoms with Crippen molar-refractivity contribution in [2.45, 2.75) is 31.1 Å². The van der Waals surface area contributed by atoms with E-state index in [4.69, 9.17) is 9.47 Å². The molecule has 0 amide bonds. The highest BCUT2D eigenvalue weighted by Gasteiger charge is 2.33. The number of rotatable bonds is 11. The van der Waals surface area contributed by atoms with Gasteiger partial charge in [-0.3, -0.25) is 0 Å². The average Bonchev–Trinajstić information content (AvgIpc) is 3.48. The highest BCUT2D eigenvalue weighted by Crippen LogP contribution is 2.40. The minimum atomic E-state index is -1.20. The van der Waals surface area contributed by atoms with Crippen LogP contribution in [-0.2, 0) is 5.60 Å². The fourth-order valence-electron chi connectivity index (χ4n) is 4.41. The van der Waals surface area contributed by atoms with E-state index in [0.717, 1.165) is 32.9 Å². The van der Waals surface area contributed by atoms with E-state index >= 15 is 0 Å². The van der Waals surface area contributed by atoms with E-state index in [9.17, 15) is 10.2 Å². The number of benzene rings is 3. The third-order valence-corrected chi connectivity index (χ3v) is 7.60. The van der Waals surface area contributed by atoms with Gasteiger partial charge in [0.05, 0.1) is 20.3 Å². The molecule has 4 aromatic rings. The molecule has 0 spiro atoms. The van der Waals surface area contributed by atoms with Crippen LogP contribution in [0.15, 0.2) is 90.3 Å².